The summed E-state index contributed by atoms with van der Waals surface area (Å²) in [6.07, 6.45) is 6.96. The number of furan rings is 1. The van der Waals surface area contributed by atoms with E-state index in [9.17, 15) is 9.59 Å². The first-order chi connectivity index (χ1) is 9.16. The Morgan fingerprint density at radius 2 is 1.95 bits per heavy atom. The Bertz CT molecular complexity index is 450. The highest BCUT2D eigenvalue weighted by Gasteiger charge is 2.16. The summed E-state index contributed by atoms with van der Waals surface area (Å²) in [6, 6.07) is 1.40. The second-order valence-electron chi connectivity index (χ2n) is 4.78. The van der Waals surface area contributed by atoms with Crippen LogP contribution in [-0.4, -0.2) is 18.0 Å². The van der Waals surface area contributed by atoms with E-state index in [2.05, 4.69) is 16.2 Å². The van der Waals surface area contributed by atoms with Crippen LogP contribution in [0.2, 0.25) is 0 Å². The SMILES string of the molecule is Cc1occc1C(=O)NNC(=O)NC1CCCCC1. The molecule has 2 rings (SSSR count). The minimum atomic E-state index is -0.384. The van der Waals surface area contributed by atoms with Crippen molar-refractivity contribution in [3.63, 3.8) is 0 Å². The van der Waals surface area contributed by atoms with E-state index in [0.29, 0.717) is 11.3 Å². The summed E-state index contributed by atoms with van der Waals surface area (Å²) < 4.78 is 5.02. The quantitative estimate of drug-likeness (QED) is 0.714. The Balaban J connectivity index is 1.74. The van der Waals surface area contributed by atoms with Crippen LogP contribution in [-0.2, 0) is 0 Å². The van der Waals surface area contributed by atoms with E-state index >= 15 is 0 Å². The highest BCUT2D eigenvalue weighted by atomic mass is 16.3. The second-order valence-corrected chi connectivity index (χ2v) is 4.78. The second kappa shape index (κ2) is 6.26. The van der Waals surface area contributed by atoms with Crippen LogP contribution >= 0.6 is 0 Å². The molecule has 104 valence electrons. The van der Waals surface area contributed by atoms with Gasteiger partial charge in [-0.25, -0.2) is 10.2 Å². The maximum absolute atomic E-state index is 11.7. The Morgan fingerprint density at radius 3 is 2.58 bits per heavy atom. The zero-order valence-corrected chi connectivity index (χ0v) is 11.0. The van der Waals surface area contributed by atoms with Crippen molar-refractivity contribution in [1.29, 1.82) is 0 Å². The van der Waals surface area contributed by atoms with E-state index in [4.69, 9.17) is 4.42 Å². The highest BCUT2D eigenvalue weighted by molar-refractivity contribution is 5.96. The monoisotopic (exact) mass is 265 g/mol. The standard InChI is InChI=1S/C13H19N3O3/c1-9-11(7-8-19-9)12(17)15-16-13(18)14-10-5-3-2-4-6-10/h7-8,10H,2-6H2,1H3,(H,15,17)(H2,14,16,18). The largest absolute Gasteiger partial charge is 0.469 e. The molecule has 1 aliphatic carbocycles. The minimum Gasteiger partial charge on any atom is -0.469 e. The number of carbonyl (C=O) groups is 2. The van der Waals surface area contributed by atoms with Gasteiger partial charge in [-0.3, -0.25) is 10.2 Å². The van der Waals surface area contributed by atoms with Gasteiger partial charge in [-0.05, 0) is 25.8 Å². The van der Waals surface area contributed by atoms with Gasteiger partial charge in [0, 0.05) is 6.04 Å². The lowest BCUT2D eigenvalue weighted by Crippen LogP contribution is -2.50. The van der Waals surface area contributed by atoms with Crippen LogP contribution in [0, 0.1) is 6.92 Å². The van der Waals surface area contributed by atoms with Gasteiger partial charge in [0.2, 0.25) is 0 Å². The predicted molar refractivity (Wildman–Crippen MR) is 69.5 cm³/mol. The fourth-order valence-corrected chi connectivity index (χ4v) is 2.27. The van der Waals surface area contributed by atoms with Crippen LogP contribution < -0.4 is 16.2 Å². The fourth-order valence-electron chi connectivity index (χ4n) is 2.27. The molecule has 0 unspecified atom stereocenters. The predicted octanol–water partition coefficient (Wildman–Crippen LogP) is 1.86. The van der Waals surface area contributed by atoms with Gasteiger partial charge in [0.05, 0.1) is 11.8 Å². The summed E-state index contributed by atoms with van der Waals surface area (Å²) in [5.41, 5.74) is 5.12. The van der Waals surface area contributed by atoms with Crippen molar-refractivity contribution in [2.24, 2.45) is 0 Å². The van der Waals surface area contributed by atoms with E-state index in [1.54, 1.807) is 13.0 Å². The number of nitrogens with one attached hydrogen (secondary N) is 3. The highest BCUT2D eigenvalue weighted by Crippen LogP contribution is 2.17. The lowest BCUT2D eigenvalue weighted by Gasteiger charge is -2.22. The molecule has 1 heterocycles. The molecule has 19 heavy (non-hydrogen) atoms. The maximum atomic E-state index is 11.7. The van der Waals surface area contributed by atoms with Gasteiger partial charge in [-0.15, -0.1) is 0 Å². The number of carbonyl (C=O) groups excluding carboxylic acids is 2. The van der Waals surface area contributed by atoms with Crippen molar-refractivity contribution in [2.45, 2.75) is 45.1 Å². The van der Waals surface area contributed by atoms with Crippen molar-refractivity contribution >= 4 is 11.9 Å². The molecule has 3 amide bonds. The Kier molecular flexibility index (Phi) is 4.43. The van der Waals surface area contributed by atoms with E-state index in [1.807, 2.05) is 0 Å². The van der Waals surface area contributed by atoms with Gasteiger partial charge in [-0.2, -0.15) is 0 Å². The lowest BCUT2D eigenvalue weighted by atomic mass is 9.96. The number of urea groups is 1. The van der Waals surface area contributed by atoms with Crippen LogP contribution in [0.5, 0.6) is 0 Å². The van der Waals surface area contributed by atoms with Gasteiger partial charge < -0.3 is 9.73 Å². The molecule has 0 atom stereocenters. The van der Waals surface area contributed by atoms with E-state index in [0.717, 1.165) is 25.7 Å². The summed E-state index contributed by atoms with van der Waals surface area (Å²) in [6.45, 7) is 1.69. The number of aryl methyl sites for hydroxylation is 1. The van der Waals surface area contributed by atoms with Crippen LogP contribution in [0.4, 0.5) is 4.79 Å². The number of hydrogen-bond acceptors (Lipinski definition) is 3. The maximum Gasteiger partial charge on any atom is 0.333 e. The molecular formula is C13H19N3O3. The third-order valence-corrected chi connectivity index (χ3v) is 3.33. The van der Waals surface area contributed by atoms with Crippen molar-refractivity contribution in [3.05, 3.63) is 23.7 Å². The van der Waals surface area contributed by atoms with Crippen molar-refractivity contribution < 1.29 is 14.0 Å². The molecule has 0 spiro atoms. The van der Waals surface area contributed by atoms with Gasteiger partial charge in [0.25, 0.3) is 5.91 Å². The smallest absolute Gasteiger partial charge is 0.333 e. The van der Waals surface area contributed by atoms with Gasteiger partial charge >= 0.3 is 6.03 Å². The van der Waals surface area contributed by atoms with Crippen molar-refractivity contribution in [2.75, 3.05) is 0 Å². The van der Waals surface area contributed by atoms with E-state index < -0.39 is 0 Å². The molecule has 3 N–H and O–H groups in total. The summed E-state index contributed by atoms with van der Waals surface area (Å²) in [4.78, 5) is 23.3. The number of rotatable bonds is 2. The lowest BCUT2D eigenvalue weighted by molar-refractivity contribution is 0.0934. The first kappa shape index (κ1) is 13.5. The van der Waals surface area contributed by atoms with Crippen LogP contribution in [0.1, 0.15) is 48.2 Å². The molecule has 1 saturated carbocycles. The normalized spacial score (nSPS) is 15.8. The molecule has 0 aliphatic heterocycles. The van der Waals surface area contributed by atoms with Crippen LogP contribution in [0.15, 0.2) is 16.7 Å². The van der Waals surface area contributed by atoms with E-state index in [-0.39, 0.29) is 18.0 Å². The minimum absolute atomic E-state index is 0.210. The zero-order valence-electron chi connectivity index (χ0n) is 11.0. The van der Waals surface area contributed by atoms with E-state index in [1.165, 1.54) is 12.7 Å². The molecule has 0 aromatic carbocycles. The van der Waals surface area contributed by atoms with Crippen molar-refractivity contribution in [3.8, 4) is 0 Å². The molecule has 0 saturated heterocycles. The topological polar surface area (TPSA) is 83.4 Å². The number of amides is 3. The average molecular weight is 265 g/mol. The summed E-state index contributed by atoms with van der Waals surface area (Å²) in [7, 11) is 0. The first-order valence-corrected chi connectivity index (χ1v) is 6.58. The molecule has 0 bridgehead atoms. The summed E-state index contributed by atoms with van der Waals surface area (Å²) in [5.74, 6) is 0.136. The molecular weight excluding hydrogens is 246 g/mol. The molecule has 1 aromatic heterocycles. The van der Waals surface area contributed by atoms with Crippen LogP contribution in [0.3, 0.4) is 0 Å². The van der Waals surface area contributed by atoms with Gasteiger partial charge in [0.1, 0.15) is 5.76 Å². The zero-order chi connectivity index (χ0) is 13.7. The molecule has 1 aromatic rings. The molecule has 6 heteroatoms. The Hall–Kier alpha value is -1.98. The average Bonchev–Trinajstić information content (AvgIpc) is 2.83. The Labute approximate surface area is 111 Å². The van der Waals surface area contributed by atoms with Gasteiger partial charge in [0.15, 0.2) is 0 Å². The van der Waals surface area contributed by atoms with Crippen LogP contribution in [0.25, 0.3) is 0 Å². The van der Waals surface area contributed by atoms with Gasteiger partial charge in [-0.1, -0.05) is 19.3 Å². The molecule has 6 nitrogen and oxygen atoms in total. The summed E-state index contributed by atoms with van der Waals surface area (Å²) >= 11 is 0. The summed E-state index contributed by atoms with van der Waals surface area (Å²) in [5, 5.41) is 2.85. The number of hydrogen-bond donors (Lipinski definition) is 3. The molecule has 1 fully saturated rings. The fraction of sp³-hybridized carbons (Fsp3) is 0.538. The Morgan fingerprint density at radius 1 is 1.21 bits per heavy atom. The third kappa shape index (κ3) is 3.74. The molecule has 1 aliphatic rings. The first-order valence-electron chi connectivity index (χ1n) is 6.58. The molecule has 0 radical (unpaired) electrons. The number of hydrazine groups is 1. The van der Waals surface area contributed by atoms with Crippen molar-refractivity contribution in [1.82, 2.24) is 16.2 Å². The third-order valence-electron chi connectivity index (χ3n) is 3.33.